The first-order valence-electron chi connectivity index (χ1n) is 6.47. The molecular formula is C13H19F3N2O3S. The first kappa shape index (κ1) is 18.7. The van der Waals surface area contributed by atoms with Gasteiger partial charge in [-0.3, -0.25) is 0 Å². The molecule has 0 amide bonds. The van der Waals surface area contributed by atoms with Crippen LogP contribution in [0.5, 0.6) is 5.75 Å². The summed E-state index contributed by atoms with van der Waals surface area (Å²) in [6.45, 7) is 2.94. The Balaban J connectivity index is 3.09. The van der Waals surface area contributed by atoms with Crippen molar-refractivity contribution in [3.63, 3.8) is 0 Å². The summed E-state index contributed by atoms with van der Waals surface area (Å²) in [6, 6.07) is 3.46. The minimum atomic E-state index is -4.60. The van der Waals surface area contributed by atoms with Crippen molar-refractivity contribution in [2.24, 2.45) is 0 Å². The van der Waals surface area contributed by atoms with Crippen molar-refractivity contribution in [3.05, 3.63) is 29.3 Å². The van der Waals surface area contributed by atoms with Crippen molar-refractivity contribution < 1.29 is 26.3 Å². The Morgan fingerprint density at radius 2 is 1.86 bits per heavy atom. The molecule has 0 aliphatic heterocycles. The maximum Gasteiger partial charge on any atom is 0.416 e. The average molecular weight is 340 g/mol. The van der Waals surface area contributed by atoms with Crippen molar-refractivity contribution in [1.82, 2.24) is 9.03 Å². The molecule has 0 radical (unpaired) electrons. The van der Waals surface area contributed by atoms with Crippen molar-refractivity contribution in [1.29, 1.82) is 0 Å². The third-order valence-electron chi connectivity index (χ3n) is 2.68. The molecule has 1 aromatic rings. The first-order valence-corrected chi connectivity index (χ1v) is 7.91. The number of ether oxygens (including phenoxy) is 1. The molecule has 1 rings (SSSR count). The van der Waals surface area contributed by atoms with Crippen molar-refractivity contribution in [2.45, 2.75) is 32.7 Å². The molecule has 0 heterocycles. The molecule has 0 aliphatic rings. The van der Waals surface area contributed by atoms with Gasteiger partial charge in [0.1, 0.15) is 5.75 Å². The van der Waals surface area contributed by atoms with Crippen LogP contribution in [0.1, 0.15) is 25.0 Å². The van der Waals surface area contributed by atoms with Gasteiger partial charge in [0.25, 0.3) is 10.2 Å². The molecule has 1 aromatic carbocycles. The van der Waals surface area contributed by atoms with Gasteiger partial charge in [-0.1, -0.05) is 6.07 Å². The van der Waals surface area contributed by atoms with Crippen LogP contribution in [0.4, 0.5) is 13.2 Å². The van der Waals surface area contributed by atoms with E-state index in [1.165, 1.54) is 26.2 Å². The van der Waals surface area contributed by atoms with Crippen LogP contribution in [-0.2, 0) is 22.9 Å². The van der Waals surface area contributed by atoms with Crippen molar-refractivity contribution in [3.8, 4) is 5.75 Å². The van der Waals surface area contributed by atoms with Crippen LogP contribution in [0.25, 0.3) is 0 Å². The van der Waals surface area contributed by atoms with Gasteiger partial charge in [0.2, 0.25) is 0 Å². The molecule has 1 N–H and O–H groups in total. The molecule has 0 saturated carbocycles. The molecule has 22 heavy (non-hydrogen) atoms. The van der Waals surface area contributed by atoms with Gasteiger partial charge in [0, 0.05) is 20.6 Å². The third kappa shape index (κ3) is 5.15. The van der Waals surface area contributed by atoms with E-state index in [0.29, 0.717) is 0 Å². The Bertz CT molecular complexity index is 613. The SMILES string of the molecule is CC(C)Oc1ccc(CNS(=O)(=O)N(C)C)c(C(F)(F)F)c1. The second-order valence-corrected chi connectivity index (χ2v) is 7.06. The largest absolute Gasteiger partial charge is 0.491 e. The first-order chi connectivity index (χ1) is 9.93. The van der Waals surface area contributed by atoms with E-state index in [9.17, 15) is 21.6 Å². The van der Waals surface area contributed by atoms with E-state index in [1.54, 1.807) is 13.8 Å². The summed E-state index contributed by atoms with van der Waals surface area (Å²) in [4.78, 5) is 0. The monoisotopic (exact) mass is 340 g/mol. The minimum Gasteiger partial charge on any atom is -0.491 e. The number of benzene rings is 1. The molecule has 126 valence electrons. The number of alkyl halides is 3. The Morgan fingerprint density at radius 3 is 2.32 bits per heavy atom. The van der Waals surface area contributed by atoms with Gasteiger partial charge in [-0.25, -0.2) is 0 Å². The van der Waals surface area contributed by atoms with Crippen molar-refractivity contribution >= 4 is 10.2 Å². The van der Waals surface area contributed by atoms with E-state index >= 15 is 0 Å². The van der Waals surface area contributed by atoms with E-state index in [0.717, 1.165) is 10.4 Å². The fourth-order valence-electron chi connectivity index (χ4n) is 1.62. The van der Waals surface area contributed by atoms with Crippen LogP contribution in [0.3, 0.4) is 0 Å². The average Bonchev–Trinajstić information content (AvgIpc) is 2.35. The summed E-state index contributed by atoms with van der Waals surface area (Å²) < 4.78 is 70.7. The fraction of sp³-hybridized carbons (Fsp3) is 0.538. The highest BCUT2D eigenvalue weighted by Gasteiger charge is 2.34. The third-order valence-corrected chi connectivity index (χ3v) is 4.15. The second-order valence-electron chi connectivity index (χ2n) is 5.09. The van der Waals surface area contributed by atoms with Crippen LogP contribution >= 0.6 is 0 Å². The number of hydrogen-bond donors (Lipinski definition) is 1. The van der Waals surface area contributed by atoms with Crippen LogP contribution in [0, 0.1) is 0 Å². The summed E-state index contributed by atoms with van der Waals surface area (Å²) in [5.74, 6) is 0.0848. The van der Waals surface area contributed by atoms with Gasteiger partial charge >= 0.3 is 6.18 Å². The molecular weight excluding hydrogens is 321 g/mol. The maximum atomic E-state index is 13.1. The highest BCUT2D eigenvalue weighted by atomic mass is 32.2. The molecule has 0 saturated heterocycles. The molecule has 5 nitrogen and oxygen atoms in total. The summed E-state index contributed by atoms with van der Waals surface area (Å²) >= 11 is 0. The molecule has 0 spiro atoms. The lowest BCUT2D eigenvalue weighted by molar-refractivity contribution is -0.138. The van der Waals surface area contributed by atoms with Crippen molar-refractivity contribution in [2.75, 3.05) is 14.1 Å². The highest BCUT2D eigenvalue weighted by molar-refractivity contribution is 7.87. The lowest BCUT2D eigenvalue weighted by atomic mass is 10.1. The second kappa shape index (κ2) is 6.84. The van der Waals surface area contributed by atoms with Gasteiger partial charge in [0.05, 0.1) is 11.7 Å². The smallest absolute Gasteiger partial charge is 0.416 e. The van der Waals surface area contributed by atoms with E-state index in [-0.39, 0.29) is 17.4 Å². The molecule has 0 aromatic heterocycles. The normalized spacial score (nSPS) is 13.0. The molecule has 0 fully saturated rings. The van der Waals surface area contributed by atoms with E-state index in [2.05, 4.69) is 4.72 Å². The van der Waals surface area contributed by atoms with Crippen LogP contribution in [-0.4, -0.2) is 32.9 Å². The number of nitrogens with zero attached hydrogens (tertiary/aromatic N) is 1. The number of halogens is 3. The Hall–Kier alpha value is -1.32. The summed E-state index contributed by atoms with van der Waals surface area (Å²) in [6.07, 6.45) is -4.87. The Kier molecular flexibility index (Phi) is 5.82. The standard InChI is InChI=1S/C13H19F3N2O3S/c1-9(2)21-11-6-5-10(12(7-11)13(14,15)16)8-17-22(19,20)18(3)4/h5-7,9,17H,8H2,1-4H3. The zero-order valence-corrected chi connectivity index (χ0v) is 13.5. The maximum absolute atomic E-state index is 13.1. The number of nitrogens with one attached hydrogen (secondary N) is 1. The molecule has 0 atom stereocenters. The van der Waals surface area contributed by atoms with Gasteiger partial charge < -0.3 is 4.74 Å². The topological polar surface area (TPSA) is 58.6 Å². The molecule has 0 aliphatic carbocycles. The minimum absolute atomic E-state index is 0.0848. The fourth-order valence-corrected chi connectivity index (χ4v) is 2.21. The van der Waals surface area contributed by atoms with Crippen LogP contribution in [0.2, 0.25) is 0 Å². The quantitative estimate of drug-likeness (QED) is 0.865. The van der Waals surface area contributed by atoms with E-state index in [4.69, 9.17) is 4.74 Å². The van der Waals surface area contributed by atoms with E-state index in [1.807, 2.05) is 0 Å². The summed E-state index contributed by atoms with van der Waals surface area (Å²) in [5, 5.41) is 0. The lowest BCUT2D eigenvalue weighted by Gasteiger charge is -2.18. The van der Waals surface area contributed by atoms with Gasteiger partial charge in [-0.2, -0.15) is 30.6 Å². The van der Waals surface area contributed by atoms with E-state index < -0.39 is 28.5 Å². The Morgan fingerprint density at radius 1 is 1.27 bits per heavy atom. The lowest BCUT2D eigenvalue weighted by Crippen LogP contribution is -2.35. The van der Waals surface area contributed by atoms with Crippen LogP contribution < -0.4 is 9.46 Å². The van der Waals surface area contributed by atoms with Gasteiger partial charge in [-0.05, 0) is 31.5 Å². The van der Waals surface area contributed by atoms with Gasteiger partial charge in [-0.15, -0.1) is 0 Å². The van der Waals surface area contributed by atoms with Gasteiger partial charge in [0.15, 0.2) is 0 Å². The highest BCUT2D eigenvalue weighted by Crippen LogP contribution is 2.34. The summed E-state index contributed by atoms with van der Waals surface area (Å²) in [7, 11) is -1.23. The number of rotatable bonds is 6. The van der Waals surface area contributed by atoms with Crippen LogP contribution in [0.15, 0.2) is 18.2 Å². The molecule has 0 bridgehead atoms. The zero-order chi connectivity index (χ0) is 17.1. The number of hydrogen-bond acceptors (Lipinski definition) is 3. The zero-order valence-electron chi connectivity index (χ0n) is 12.7. The predicted molar refractivity (Wildman–Crippen MR) is 76.7 cm³/mol. The predicted octanol–water partition coefficient (Wildman–Crippen LogP) is 2.39. The summed E-state index contributed by atoms with van der Waals surface area (Å²) in [5.41, 5.74) is -1.10. The molecule has 0 unspecified atom stereocenters. The Labute approximate surface area is 128 Å². The molecule has 9 heteroatoms.